The molecule has 0 aromatic rings. The second-order valence-electron chi connectivity index (χ2n) is 23.0. The Kier molecular flexibility index (Phi) is 66.7. The van der Waals surface area contributed by atoms with E-state index < -0.39 is 6.10 Å². The van der Waals surface area contributed by atoms with E-state index >= 15 is 0 Å². The largest absolute Gasteiger partial charge is 0.462 e. The van der Waals surface area contributed by atoms with Gasteiger partial charge in [0.05, 0.1) is 0 Å². The molecule has 0 saturated carbocycles. The van der Waals surface area contributed by atoms with Gasteiger partial charge in [0.1, 0.15) is 13.2 Å². The van der Waals surface area contributed by atoms with Crippen LogP contribution in [-0.4, -0.2) is 37.2 Å². The van der Waals surface area contributed by atoms with Gasteiger partial charge in [-0.3, -0.25) is 14.4 Å². The van der Waals surface area contributed by atoms with E-state index in [1.54, 1.807) is 0 Å². The van der Waals surface area contributed by atoms with Gasteiger partial charge in [-0.25, -0.2) is 0 Å². The molecule has 0 rings (SSSR count). The van der Waals surface area contributed by atoms with Crippen LogP contribution in [0.4, 0.5) is 0 Å². The van der Waals surface area contributed by atoms with Crippen LogP contribution in [0, 0.1) is 0 Å². The number of carbonyl (C=O) groups is 3. The normalized spacial score (nSPS) is 12.9. The summed E-state index contributed by atoms with van der Waals surface area (Å²) >= 11 is 0. The third-order valence-electron chi connectivity index (χ3n) is 14.9. The number of carbonyl (C=O) groups excluding carboxylic acids is 3. The second-order valence-corrected chi connectivity index (χ2v) is 23.0. The fourth-order valence-corrected chi connectivity index (χ4v) is 9.75. The Morgan fingerprint density at radius 2 is 0.470 bits per heavy atom. The van der Waals surface area contributed by atoms with Crippen LogP contribution in [0.5, 0.6) is 0 Å². The van der Waals surface area contributed by atoms with E-state index in [1.165, 1.54) is 173 Å². The third kappa shape index (κ3) is 68.5. The summed E-state index contributed by atoms with van der Waals surface area (Å²) in [4.78, 5) is 38.4. The summed E-state index contributed by atoms with van der Waals surface area (Å²) in [5.41, 5.74) is 0. The molecule has 0 fully saturated rings. The van der Waals surface area contributed by atoms with Crippen molar-refractivity contribution >= 4 is 17.9 Å². The third-order valence-corrected chi connectivity index (χ3v) is 14.9. The van der Waals surface area contributed by atoms with E-state index in [0.717, 1.165) is 116 Å². The highest BCUT2D eigenvalue weighted by Crippen LogP contribution is 2.17. The number of ether oxygens (including phenoxy) is 3. The highest BCUT2D eigenvalue weighted by molar-refractivity contribution is 5.71. The summed E-state index contributed by atoms with van der Waals surface area (Å²) in [7, 11) is 0. The zero-order valence-corrected chi connectivity index (χ0v) is 54.4. The molecular formula is C77H130O6. The summed E-state index contributed by atoms with van der Waals surface area (Å²) in [6.07, 6.45) is 98.0. The van der Waals surface area contributed by atoms with Crippen molar-refractivity contribution < 1.29 is 28.6 Å². The van der Waals surface area contributed by atoms with Gasteiger partial charge >= 0.3 is 17.9 Å². The molecule has 6 nitrogen and oxygen atoms in total. The molecule has 474 valence electrons. The van der Waals surface area contributed by atoms with Crippen molar-refractivity contribution in [2.45, 2.75) is 335 Å². The van der Waals surface area contributed by atoms with E-state index in [4.69, 9.17) is 14.2 Å². The summed E-state index contributed by atoms with van der Waals surface area (Å²) in [6, 6.07) is 0. The zero-order valence-electron chi connectivity index (χ0n) is 54.4. The Hall–Kier alpha value is -4.19. The lowest BCUT2D eigenvalue weighted by Gasteiger charge is -2.18. The Morgan fingerprint density at radius 1 is 0.253 bits per heavy atom. The monoisotopic (exact) mass is 1150 g/mol. The van der Waals surface area contributed by atoms with Gasteiger partial charge in [-0.15, -0.1) is 0 Å². The first-order chi connectivity index (χ1) is 41.0. The number of hydrogen-bond acceptors (Lipinski definition) is 6. The van der Waals surface area contributed by atoms with Crippen molar-refractivity contribution in [2.24, 2.45) is 0 Å². The molecule has 0 radical (unpaired) electrons. The SMILES string of the molecule is CC/C=C\C/C=C\C/C=C\C/C=C\CCCCCCCCCCCCCCC(=O)OCC(COC(=O)CCCC/C=C\C/C=C\C/C=C\C/C=C\CC)OC(=O)CCCCCCCCCCCCCCC/C=C\C/C=C\CCCCCCC. The smallest absolute Gasteiger partial charge is 0.306 e. The van der Waals surface area contributed by atoms with Crippen LogP contribution in [0.3, 0.4) is 0 Å². The predicted octanol–water partition coefficient (Wildman–Crippen LogP) is 24.3. The Morgan fingerprint density at radius 3 is 0.759 bits per heavy atom. The summed E-state index contributed by atoms with van der Waals surface area (Å²) < 4.78 is 17.0. The van der Waals surface area contributed by atoms with E-state index in [0.29, 0.717) is 19.3 Å². The molecule has 6 heteroatoms. The van der Waals surface area contributed by atoms with E-state index in [-0.39, 0.29) is 31.1 Å². The van der Waals surface area contributed by atoms with Gasteiger partial charge < -0.3 is 14.2 Å². The minimum absolute atomic E-state index is 0.0930. The topological polar surface area (TPSA) is 78.9 Å². The molecule has 0 aromatic heterocycles. The van der Waals surface area contributed by atoms with Crippen molar-refractivity contribution in [2.75, 3.05) is 13.2 Å². The summed E-state index contributed by atoms with van der Waals surface area (Å²) in [5.74, 6) is -0.928. The van der Waals surface area contributed by atoms with Gasteiger partial charge in [0, 0.05) is 19.3 Å². The average molecular weight is 1150 g/mol. The molecule has 0 saturated heterocycles. The lowest BCUT2D eigenvalue weighted by atomic mass is 10.0. The maximum Gasteiger partial charge on any atom is 0.306 e. The van der Waals surface area contributed by atoms with Crippen LogP contribution in [0.1, 0.15) is 329 Å². The van der Waals surface area contributed by atoms with Crippen LogP contribution in [0.2, 0.25) is 0 Å². The summed E-state index contributed by atoms with van der Waals surface area (Å²) in [5, 5.41) is 0. The van der Waals surface area contributed by atoms with E-state index in [1.807, 2.05) is 0 Å². The molecule has 0 aromatic carbocycles. The minimum Gasteiger partial charge on any atom is -0.462 e. The predicted molar refractivity (Wildman–Crippen MR) is 362 cm³/mol. The van der Waals surface area contributed by atoms with Crippen LogP contribution in [-0.2, 0) is 28.6 Å². The molecule has 1 atom stereocenters. The van der Waals surface area contributed by atoms with Crippen LogP contribution in [0.25, 0.3) is 0 Å². The lowest BCUT2D eigenvalue weighted by molar-refractivity contribution is -0.167. The molecule has 0 aliphatic rings. The van der Waals surface area contributed by atoms with Crippen LogP contribution >= 0.6 is 0 Å². The highest BCUT2D eigenvalue weighted by atomic mass is 16.6. The lowest BCUT2D eigenvalue weighted by Crippen LogP contribution is -2.30. The number of hydrogen-bond donors (Lipinski definition) is 0. The molecule has 1 unspecified atom stereocenters. The zero-order chi connectivity index (χ0) is 59.9. The second kappa shape index (κ2) is 70.3. The first-order valence-corrected chi connectivity index (χ1v) is 35.0. The maximum atomic E-state index is 13.0. The van der Waals surface area contributed by atoms with Crippen molar-refractivity contribution in [3.8, 4) is 0 Å². The minimum atomic E-state index is -0.801. The van der Waals surface area contributed by atoms with E-state index in [9.17, 15) is 14.4 Å². The van der Waals surface area contributed by atoms with Gasteiger partial charge in [0.2, 0.25) is 0 Å². The molecule has 0 spiro atoms. The fourth-order valence-electron chi connectivity index (χ4n) is 9.75. The number of unbranched alkanes of at least 4 members (excludes halogenated alkanes) is 32. The first-order valence-electron chi connectivity index (χ1n) is 35.0. The van der Waals surface area contributed by atoms with Crippen LogP contribution < -0.4 is 0 Å². The standard InChI is InChI=1S/C77H130O6/c1-4-7-10-13-16-19-22-25-28-30-32-34-36-38-40-42-44-46-49-52-55-58-61-64-67-70-76(79)82-73-74(72-81-75(78)69-66-63-60-57-54-51-48-27-24-21-18-15-12-9-6-3)83-77(80)71-68-65-62-59-56-53-50-47-45-43-41-39-37-35-33-31-29-26-23-20-17-14-11-8-5-2/h7,9-10,12,16,18-19,21,23,25-28,31-34,48,54,57,74H,4-6,8,11,13-15,17,20,22,24,29-30,35-47,49-53,55-56,58-73H2,1-3H3/b10-7-,12-9-,19-16-,21-18-,26-23-,28-25-,33-31-,34-32-,48-27-,57-54-. The first kappa shape index (κ1) is 78.8. The Bertz CT molecular complexity index is 1700. The Balaban J connectivity index is 4.35. The van der Waals surface area contributed by atoms with Gasteiger partial charge in [-0.05, 0) is 128 Å². The maximum absolute atomic E-state index is 13.0. The fraction of sp³-hybridized carbons (Fsp3) is 0.701. The molecular weight excluding hydrogens is 1020 g/mol. The summed E-state index contributed by atoms with van der Waals surface area (Å²) in [6.45, 7) is 6.40. The molecule has 0 bridgehead atoms. The average Bonchev–Trinajstić information content (AvgIpc) is 3.49. The van der Waals surface area contributed by atoms with Gasteiger partial charge in [0.25, 0.3) is 0 Å². The Labute approximate surface area is 513 Å². The number of allylic oxidation sites excluding steroid dienone is 20. The van der Waals surface area contributed by atoms with Crippen molar-refractivity contribution in [1.29, 1.82) is 0 Å². The molecule has 0 aliphatic carbocycles. The molecule has 83 heavy (non-hydrogen) atoms. The van der Waals surface area contributed by atoms with Crippen molar-refractivity contribution in [1.82, 2.24) is 0 Å². The molecule has 0 N–H and O–H groups in total. The van der Waals surface area contributed by atoms with Crippen LogP contribution in [0.15, 0.2) is 122 Å². The van der Waals surface area contributed by atoms with Gasteiger partial charge in [-0.2, -0.15) is 0 Å². The van der Waals surface area contributed by atoms with Gasteiger partial charge in [-0.1, -0.05) is 303 Å². The van der Waals surface area contributed by atoms with Crippen molar-refractivity contribution in [3.63, 3.8) is 0 Å². The van der Waals surface area contributed by atoms with Gasteiger partial charge in [0.15, 0.2) is 6.10 Å². The van der Waals surface area contributed by atoms with E-state index in [2.05, 4.69) is 142 Å². The molecule has 0 heterocycles. The molecule has 0 amide bonds. The molecule has 0 aliphatic heterocycles. The quantitative estimate of drug-likeness (QED) is 0.0261. The highest BCUT2D eigenvalue weighted by Gasteiger charge is 2.19. The number of esters is 3. The number of rotatable bonds is 63. The van der Waals surface area contributed by atoms with Crippen molar-refractivity contribution in [3.05, 3.63) is 122 Å².